The van der Waals surface area contributed by atoms with Crippen LogP contribution in [0, 0.1) is 33.5 Å². The topological polar surface area (TPSA) is 120 Å². The van der Waals surface area contributed by atoms with Crippen molar-refractivity contribution in [3.8, 4) is 11.5 Å². The molecule has 264 valence electrons. The van der Waals surface area contributed by atoms with E-state index in [0.29, 0.717) is 43.0 Å². The number of benzene rings is 2. The average molecular weight is 672 g/mol. The molecule has 2 bridgehead atoms. The van der Waals surface area contributed by atoms with Gasteiger partial charge in [0.15, 0.2) is 5.78 Å². The molecule has 49 heavy (non-hydrogen) atoms. The third kappa shape index (κ3) is 5.08. The van der Waals surface area contributed by atoms with Gasteiger partial charge in [-0.15, -0.1) is 0 Å². The number of nitrogens with zero attached hydrogens (tertiary/aromatic N) is 1. The van der Waals surface area contributed by atoms with Crippen LogP contribution in [0.2, 0.25) is 0 Å². The standard InChI is InChI=1S/C41H53NO7/c1-37-15-12-29(44)21-39(37)18-19-41(32(22-39)36(46)27-8-6-5-7-9-27)34(37)13-16-38(2)35(41)14-17-40(38,47)26-42(24-30(45)25-43)23-28-10-11-31(48-3)20-33(28)49-4/h5-11,18-20,22,29-30,34-35,43-45,47H,12-17,21,23-26H2,1-4H3/t29?,30-,34+,35+,37+,38-,39-,40+,41+/m0/s1. The Morgan fingerprint density at radius 3 is 2.39 bits per heavy atom. The van der Waals surface area contributed by atoms with Crippen LogP contribution < -0.4 is 9.47 Å². The number of hydrogen-bond donors (Lipinski definition) is 4. The minimum Gasteiger partial charge on any atom is -0.497 e. The second kappa shape index (κ2) is 12.3. The van der Waals surface area contributed by atoms with Crippen LogP contribution in [-0.4, -0.2) is 82.8 Å². The molecule has 1 unspecified atom stereocenters. The summed E-state index contributed by atoms with van der Waals surface area (Å²) in [4.78, 5) is 16.7. The van der Waals surface area contributed by atoms with Crippen LogP contribution in [0.25, 0.3) is 0 Å². The summed E-state index contributed by atoms with van der Waals surface area (Å²) in [5.41, 5.74) is -0.264. The van der Waals surface area contributed by atoms with Gasteiger partial charge < -0.3 is 29.9 Å². The molecule has 2 aromatic rings. The van der Waals surface area contributed by atoms with Gasteiger partial charge in [-0.25, -0.2) is 0 Å². The van der Waals surface area contributed by atoms with Crippen LogP contribution in [0.15, 0.2) is 72.3 Å². The van der Waals surface area contributed by atoms with Crippen molar-refractivity contribution in [1.29, 1.82) is 0 Å². The van der Waals surface area contributed by atoms with E-state index in [1.165, 1.54) is 0 Å². The summed E-state index contributed by atoms with van der Waals surface area (Å²) in [5.74, 6) is 1.61. The van der Waals surface area contributed by atoms with Gasteiger partial charge in [0.1, 0.15) is 11.5 Å². The van der Waals surface area contributed by atoms with Crippen LogP contribution in [0.5, 0.6) is 11.5 Å². The van der Waals surface area contributed by atoms with Crippen molar-refractivity contribution in [2.24, 2.45) is 33.5 Å². The Kier molecular flexibility index (Phi) is 8.67. The fourth-order valence-corrected chi connectivity index (χ4v) is 11.5. The van der Waals surface area contributed by atoms with E-state index in [1.807, 2.05) is 53.4 Å². The predicted octanol–water partition coefficient (Wildman–Crippen LogP) is 5.33. The minimum atomic E-state index is -1.11. The summed E-state index contributed by atoms with van der Waals surface area (Å²) in [5, 5.41) is 44.5. The van der Waals surface area contributed by atoms with Gasteiger partial charge in [-0.1, -0.05) is 68.5 Å². The molecule has 0 aromatic heterocycles. The zero-order chi connectivity index (χ0) is 34.8. The lowest BCUT2D eigenvalue weighted by Crippen LogP contribution is -2.67. The first-order valence-corrected chi connectivity index (χ1v) is 18.0. The number of carbonyl (C=O) groups excluding carboxylic acids is 1. The maximum Gasteiger partial charge on any atom is 0.189 e. The number of aliphatic hydroxyl groups excluding tert-OH is 3. The molecule has 8 nitrogen and oxygen atoms in total. The SMILES string of the molecule is COc1ccc(CN(C[C@H](O)CO)C[C@]2(O)CC[C@H]3[C@]45C=C[C@@]6(C=C4C(=O)c4ccccc4)CC(O)CC[C@]6(C)[C@H]5CC[C@@]32C)c(OC)c1. The Hall–Kier alpha value is -3.01. The highest BCUT2D eigenvalue weighted by atomic mass is 16.5. The van der Waals surface area contributed by atoms with Gasteiger partial charge in [-0.05, 0) is 68.3 Å². The molecule has 8 rings (SSSR count). The van der Waals surface area contributed by atoms with Gasteiger partial charge in [0.2, 0.25) is 0 Å². The number of hydrogen-bond acceptors (Lipinski definition) is 8. The normalized spacial score (nSPS) is 38.0. The fourth-order valence-electron chi connectivity index (χ4n) is 11.5. The molecular weight excluding hydrogens is 618 g/mol. The van der Waals surface area contributed by atoms with E-state index < -0.39 is 28.6 Å². The first-order chi connectivity index (χ1) is 23.4. The van der Waals surface area contributed by atoms with E-state index in [1.54, 1.807) is 14.2 Å². The Morgan fingerprint density at radius 1 is 0.959 bits per heavy atom. The molecule has 4 N–H and O–H groups in total. The summed E-state index contributed by atoms with van der Waals surface area (Å²) in [7, 11) is 3.23. The number of methoxy groups -OCH3 is 2. The lowest BCUT2D eigenvalue weighted by Gasteiger charge is -2.71. The molecule has 3 saturated carbocycles. The van der Waals surface area contributed by atoms with E-state index in [4.69, 9.17) is 9.47 Å². The largest absolute Gasteiger partial charge is 0.497 e. The van der Waals surface area contributed by atoms with Crippen molar-refractivity contribution in [3.63, 3.8) is 0 Å². The number of Topliss-reactive ketones (excluding diaryl/α,β-unsaturated/α-hetero) is 1. The maximum absolute atomic E-state index is 14.7. The molecule has 2 spiro atoms. The summed E-state index contributed by atoms with van der Waals surface area (Å²) >= 11 is 0. The number of fused-ring (bicyclic) bond motifs is 1. The monoisotopic (exact) mass is 671 g/mol. The predicted molar refractivity (Wildman–Crippen MR) is 187 cm³/mol. The van der Waals surface area contributed by atoms with Gasteiger partial charge >= 0.3 is 0 Å². The first kappa shape index (κ1) is 34.4. The highest BCUT2D eigenvalue weighted by molar-refractivity contribution is 6.10. The molecule has 6 aliphatic carbocycles. The molecule has 0 radical (unpaired) electrons. The van der Waals surface area contributed by atoms with Crippen molar-refractivity contribution < 1.29 is 34.7 Å². The lowest BCUT2D eigenvalue weighted by molar-refractivity contribution is -0.177. The molecule has 8 heteroatoms. The van der Waals surface area contributed by atoms with Crippen LogP contribution >= 0.6 is 0 Å². The number of allylic oxidation sites excluding steroid dienone is 4. The van der Waals surface area contributed by atoms with Crippen molar-refractivity contribution in [1.82, 2.24) is 4.90 Å². The van der Waals surface area contributed by atoms with Crippen LogP contribution in [-0.2, 0) is 6.54 Å². The summed E-state index contributed by atoms with van der Waals surface area (Å²) in [6.45, 7) is 5.13. The van der Waals surface area contributed by atoms with Crippen LogP contribution in [0.3, 0.4) is 0 Å². The molecule has 9 atom stereocenters. The van der Waals surface area contributed by atoms with Crippen LogP contribution in [0.1, 0.15) is 74.7 Å². The van der Waals surface area contributed by atoms with Crippen molar-refractivity contribution in [3.05, 3.63) is 83.5 Å². The summed E-state index contributed by atoms with van der Waals surface area (Å²) in [6, 6.07) is 15.2. The third-order valence-electron chi connectivity index (χ3n) is 14.0. The number of ketones is 1. The lowest BCUT2D eigenvalue weighted by atomic mass is 9.32. The zero-order valence-corrected chi connectivity index (χ0v) is 29.4. The molecule has 0 aliphatic heterocycles. The maximum atomic E-state index is 14.7. The third-order valence-corrected chi connectivity index (χ3v) is 14.0. The van der Waals surface area contributed by atoms with Crippen molar-refractivity contribution >= 4 is 5.78 Å². The number of aliphatic hydroxyl groups is 4. The molecule has 2 aromatic carbocycles. The first-order valence-electron chi connectivity index (χ1n) is 18.0. The van der Waals surface area contributed by atoms with Gasteiger partial charge in [0.05, 0.1) is 38.6 Å². The summed E-state index contributed by atoms with van der Waals surface area (Å²) in [6.07, 6.45) is 10.9. The number of carbonyl (C=O) groups is 1. The second-order valence-electron chi connectivity index (χ2n) is 16.2. The fraction of sp³-hybridized carbons (Fsp3) is 0.585. The number of rotatable bonds is 11. The average Bonchev–Trinajstić information content (AvgIpc) is 3.37. The molecule has 0 amide bonds. The molecule has 3 fully saturated rings. The van der Waals surface area contributed by atoms with E-state index in [0.717, 1.165) is 43.2 Å². The Bertz CT molecular complexity index is 1640. The van der Waals surface area contributed by atoms with Gasteiger partial charge in [0, 0.05) is 58.6 Å². The van der Waals surface area contributed by atoms with Crippen molar-refractivity contribution in [2.75, 3.05) is 33.9 Å². The van der Waals surface area contributed by atoms with E-state index in [2.05, 4.69) is 32.1 Å². The molecule has 0 saturated heterocycles. The number of ether oxygens (including phenoxy) is 2. The van der Waals surface area contributed by atoms with Gasteiger partial charge in [-0.3, -0.25) is 9.69 Å². The van der Waals surface area contributed by atoms with Crippen LogP contribution in [0.4, 0.5) is 0 Å². The minimum absolute atomic E-state index is 0.0148. The molecular formula is C41H53NO7. The highest BCUT2D eigenvalue weighted by Crippen LogP contribution is 2.78. The zero-order valence-electron chi connectivity index (χ0n) is 29.4. The Morgan fingerprint density at radius 2 is 1.67 bits per heavy atom. The van der Waals surface area contributed by atoms with E-state index >= 15 is 0 Å². The highest BCUT2D eigenvalue weighted by Gasteiger charge is 2.74. The van der Waals surface area contributed by atoms with Gasteiger partial charge in [0.25, 0.3) is 0 Å². The Labute approximate surface area is 290 Å². The second-order valence-corrected chi connectivity index (χ2v) is 16.2. The smallest absolute Gasteiger partial charge is 0.189 e. The molecule has 0 heterocycles. The summed E-state index contributed by atoms with van der Waals surface area (Å²) < 4.78 is 11.1. The quantitative estimate of drug-likeness (QED) is 0.187. The molecule has 6 aliphatic rings. The van der Waals surface area contributed by atoms with E-state index in [-0.39, 0.29) is 41.6 Å². The Balaban J connectivity index is 1.28. The van der Waals surface area contributed by atoms with E-state index in [9.17, 15) is 25.2 Å². The van der Waals surface area contributed by atoms with Gasteiger partial charge in [-0.2, -0.15) is 0 Å². The van der Waals surface area contributed by atoms with Crippen molar-refractivity contribution in [2.45, 2.75) is 83.1 Å².